The number of likely N-dealkylation sites (tertiary alicyclic amines) is 1. The highest BCUT2D eigenvalue weighted by molar-refractivity contribution is 9.10. The highest BCUT2D eigenvalue weighted by Crippen LogP contribution is 2.29. The molecule has 5 heteroatoms. The summed E-state index contributed by atoms with van der Waals surface area (Å²) in [4.78, 5) is 17.3. The van der Waals surface area contributed by atoms with Gasteiger partial charge >= 0.3 is 0 Å². The molecule has 2 aromatic rings. The van der Waals surface area contributed by atoms with Crippen molar-refractivity contribution in [2.75, 3.05) is 26.7 Å². The zero-order chi connectivity index (χ0) is 17.3. The Morgan fingerprint density at radius 3 is 2.75 bits per heavy atom. The summed E-state index contributed by atoms with van der Waals surface area (Å²) in [6, 6.07) is 6.15. The molecule has 3 rings (SSSR count). The average Bonchev–Trinajstić information content (AvgIpc) is 2.91. The molecular formula is C19H25BrN2O2. The molecule has 1 aromatic heterocycles. The van der Waals surface area contributed by atoms with Gasteiger partial charge in [0.2, 0.25) is 0 Å². The zero-order valence-corrected chi connectivity index (χ0v) is 16.2. The second kappa shape index (κ2) is 7.28. The van der Waals surface area contributed by atoms with Crippen LogP contribution in [0, 0.1) is 6.92 Å². The van der Waals surface area contributed by atoms with Gasteiger partial charge in [-0.25, -0.2) is 0 Å². The van der Waals surface area contributed by atoms with Crippen LogP contribution in [0.3, 0.4) is 0 Å². The molecule has 1 aromatic carbocycles. The summed E-state index contributed by atoms with van der Waals surface area (Å²) < 4.78 is 6.86. The normalized spacial score (nSPS) is 16.7. The van der Waals surface area contributed by atoms with Crippen molar-refractivity contribution in [1.29, 1.82) is 0 Å². The molecule has 0 bridgehead atoms. The summed E-state index contributed by atoms with van der Waals surface area (Å²) in [5, 5.41) is 0.999. The van der Waals surface area contributed by atoms with Crippen LogP contribution < -0.4 is 0 Å². The Hall–Kier alpha value is -1.33. The quantitative estimate of drug-likeness (QED) is 0.770. The Morgan fingerprint density at radius 1 is 1.38 bits per heavy atom. The van der Waals surface area contributed by atoms with E-state index in [1.54, 1.807) is 0 Å². The number of hydrogen-bond donors (Lipinski definition) is 0. The minimum Gasteiger partial charge on any atom is -0.451 e. The SMILES string of the molecule is CCCN1CCC(N(C)C(=O)c2oc3ccc(Br)cc3c2C)CC1. The molecule has 0 atom stereocenters. The first kappa shape index (κ1) is 17.5. The third kappa shape index (κ3) is 3.38. The van der Waals surface area contributed by atoms with Crippen LogP contribution in [0.5, 0.6) is 0 Å². The van der Waals surface area contributed by atoms with Crippen LogP contribution in [-0.4, -0.2) is 48.4 Å². The lowest BCUT2D eigenvalue weighted by molar-refractivity contribution is 0.0613. The first-order valence-corrected chi connectivity index (χ1v) is 9.48. The van der Waals surface area contributed by atoms with E-state index >= 15 is 0 Å². The van der Waals surface area contributed by atoms with Gasteiger partial charge in [-0.2, -0.15) is 0 Å². The summed E-state index contributed by atoms with van der Waals surface area (Å²) in [6.45, 7) is 7.47. The van der Waals surface area contributed by atoms with Crippen molar-refractivity contribution in [3.05, 3.63) is 34.0 Å². The molecule has 1 saturated heterocycles. The number of rotatable bonds is 4. The molecule has 1 fully saturated rings. The van der Waals surface area contributed by atoms with Crippen molar-refractivity contribution in [3.8, 4) is 0 Å². The number of aryl methyl sites for hydroxylation is 1. The predicted molar refractivity (Wildman–Crippen MR) is 100 cm³/mol. The second-order valence-corrected chi connectivity index (χ2v) is 7.60. The van der Waals surface area contributed by atoms with Crippen molar-refractivity contribution in [1.82, 2.24) is 9.80 Å². The van der Waals surface area contributed by atoms with E-state index < -0.39 is 0 Å². The molecule has 130 valence electrons. The summed E-state index contributed by atoms with van der Waals surface area (Å²) in [7, 11) is 1.91. The number of hydrogen-bond acceptors (Lipinski definition) is 3. The number of carbonyl (C=O) groups is 1. The lowest BCUT2D eigenvalue weighted by atomic mass is 10.0. The highest BCUT2D eigenvalue weighted by Gasteiger charge is 2.28. The number of fused-ring (bicyclic) bond motifs is 1. The lowest BCUT2D eigenvalue weighted by Crippen LogP contribution is -2.45. The van der Waals surface area contributed by atoms with E-state index in [1.807, 2.05) is 37.1 Å². The van der Waals surface area contributed by atoms with Crippen LogP contribution in [0.25, 0.3) is 11.0 Å². The third-order valence-corrected chi connectivity index (χ3v) is 5.55. The maximum Gasteiger partial charge on any atom is 0.289 e. The Labute approximate surface area is 151 Å². The maximum atomic E-state index is 12.9. The Bertz CT molecular complexity index is 732. The molecular weight excluding hydrogens is 368 g/mol. The zero-order valence-electron chi connectivity index (χ0n) is 14.6. The van der Waals surface area contributed by atoms with E-state index in [4.69, 9.17) is 4.42 Å². The number of halogens is 1. The summed E-state index contributed by atoms with van der Waals surface area (Å²) in [6.07, 6.45) is 3.26. The topological polar surface area (TPSA) is 36.7 Å². The summed E-state index contributed by atoms with van der Waals surface area (Å²) in [5.41, 5.74) is 1.69. The predicted octanol–water partition coefficient (Wildman–Crippen LogP) is 4.45. The van der Waals surface area contributed by atoms with Crippen molar-refractivity contribution in [2.24, 2.45) is 0 Å². The van der Waals surface area contributed by atoms with E-state index in [1.165, 1.54) is 6.42 Å². The Kier molecular flexibility index (Phi) is 5.30. The van der Waals surface area contributed by atoms with Gasteiger partial charge in [0.25, 0.3) is 5.91 Å². The first-order valence-electron chi connectivity index (χ1n) is 8.69. The fourth-order valence-electron chi connectivity index (χ4n) is 3.57. The molecule has 0 radical (unpaired) electrons. The van der Waals surface area contributed by atoms with Crippen molar-refractivity contribution in [3.63, 3.8) is 0 Å². The Morgan fingerprint density at radius 2 is 2.08 bits per heavy atom. The van der Waals surface area contributed by atoms with Gasteiger partial charge in [-0.1, -0.05) is 22.9 Å². The molecule has 1 aliphatic rings. The molecule has 2 heterocycles. The van der Waals surface area contributed by atoms with E-state index in [0.29, 0.717) is 11.8 Å². The number of carbonyl (C=O) groups excluding carboxylic acids is 1. The largest absolute Gasteiger partial charge is 0.451 e. The second-order valence-electron chi connectivity index (χ2n) is 6.69. The van der Waals surface area contributed by atoms with E-state index in [2.05, 4.69) is 27.8 Å². The van der Waals surface area contributed by atoms with Crippen molar-refractivity contribution in [2.45, 2.75) is 39.2 Å². The van der Waals surface area contributed by atoms with Crippen molar-refractivity contribution < 1.29 is 9.21 Å². The van der Waals surface area contributed by atoms with Crippen LogP contribution in [0.4, 0.5) is 0 Å². The summed E-state index contributed by atoms with van der Waals surface area (Å²) >= 11 is 3.48. The number of nitrogens with zero attached hydrogens (tertiary/aromatic N) is 2. The molecule has 0 saturated carbocycles. The van der Waals surface area contributed by atoms with E-state index in [-0.39, 0.29) is 5.91 Å². The molecule has 0 aliphatic carbocycles. The molecule has 0 N–H and O–H groups in total. The van der Waals surface area contributed by atoms with Crippen LogP contribution in [0.15, 0.2) is 27.1 Å². The smallest absolute Gasteiger partial charge is 0.289 e. The molecule has 1 amide bonds. The number of piperidine rings is 1. The van der Waals surface area contributed by atoms with Crippen LogP contribution in [-0.2, 0) is 0 Å². The average molecular weight is 393 g/mol. The van der Waals surface area contributed by atoms with Gasteiger partial charge in [-0.3, -0.25) is 4.79 Å². The first-order chi connectivity index (χ1) is 11.5. The van der Waals surface area contributed by atoms with Gasteiger partial charge in [0.1, 0.15) is 5.58 Å². The van der Waals surface area contributed by atoms with E-state index in [9.17, 15) is 4.79 Å². The van der Waals surface area contributed by atoms with Gasteiger partial charge in [0.15, 0.2) is 5.76 Å². The fraction of sp³-hybridized carbons (Fsp3) is 0.526. The van der Waals surface area contributed by atoms with Crippen LogP contribution in [0.2, 0.25) is 0 Å². The van der Waals surface area contributed by atoms with Gasteiger partial charge in [-0.15, -0.1) is 0 Å². The van der Waals surface area contributed by atoms with E-state index in [0.717, 1.165) is 53.5 Å². The fourth-order valence-corrected chi connectivity index (χ4v) is 3.93. The van der Waals surface area contributed by atoms with Gasteiger partial charge in [0.05, 0.1) is 0 Å². The van der Waals surface area contributed by atoms with Gasteiger partial charge < -0.3 is 14.2 Å². The molecule has 0 spiro atoms. The lowest BCUT2D eigenvalue weighted by Gasteiger charge is -2.36. The molecule has 24 heavy (non-hydrogen) atoms. The summed E-state index contributed by atoms with van der Waals surface area (Å²) in [5.74, 6) is 0.468. The van der Waals surface area contributed by atoms with Gasteiger partial charge in [-0.05, 0) is 50.9 Å². The minimum atomic E-state index is -0.00577. The Balaban J connectivity index is 1.76. The molecule has 0 unspecified atom stereocenters. The molecule has 4 nitrogen and oxygen atoms in total. The van der Waals surface area contributed by atoms with Crippen molar-refractivity contribution >= 4 is 32.8 Å². The van der Waals surface area contributed by atoms with Crippen LogP contribution in [0.1, 0.15) is 42.3 Å². The number of amides is 1. The third-order valence-electron chi connectivity index (χ3n) is 5.06. The minimum absolute atomic E-state index is 0.00577. The van der Waals surface area contributed by atoms with Gasteiger partial charge in [0, 0.05) is 41.6 Å². The number of benzene rings is 1. The standard InChI is InChI=1S/C19H25BrN2O2/c1-4-9-22-10-7-15(8-11-22)21(3)19(23)18-13(2)16-12-14(20)5-6-17(16)24-18/h5-6,12,15H,4,7-11H2,1-3H3. The number of furan rings is 1. The van der Waals surface area contributed by atoms with Crippen LogP contribution >= 0.6 is 15.9 Å². The monoisotopic (exact) mass is 392 g/mol. The molecule has 1 aliphatic heterocycles. The maximum absolute atomic E-state index is 12.9. The highest BCUT2D eigenvalue weighted by atomic mass is 79.9.